The van der Waals surface area contributed by atoms with Crippen LogP contribution in [-0.4, -0.2) is 55.4 Å². The molecule has 1 aromatic carbocycles. The van der Waals surface area contributed by atoms with E-state index in [1.807, 2.05) is 24.8 Å². The highest BCUT2D eigenvalue weighted by Crippen LogP contribution is 2.23. The Morgan fingerprint density at radius 3 is 2.48 bits per heavy atom. The minimum atomic E-state index is -4.11. The molecule has 1 aliphatic rings. The van der Waals surface area contributed by atoms with E-state index in [2.05, 4.69) is 15.3 Å². The fourth-order valence-corrected chi connectivity index (χ4v) is 4.41. The number of piperazine rings is 1. The van der Waals surface area contributed by atoms with E-state index in [1.54, 1.807) is 0 Å². The van der Waals surface area contributed by atoms with E-state index in [4.69, 9.17) is 0 Å². The lowest BCUT2D eigenvalue weighted by molar-refractivity contribution is 0.379. The fourth-order valence-electron chi connectivity index (χ4n) is 2.91. The van der Waals surface area contributed by atoms with Crippen LogP contribution in [0.15, 0.2) is 29.2 Å². The molecule has 1 saturated heterocycles. The summed E-state index contributed by atoms with van der Waals surface area (Å²) in [6, 6.07) is 4.26. The van der Waals surface area contributed by atoms with Crippen LogP contribution in [0.2, 0.25) is 0 Å². The summed E-state index contributed by atoms with van der Waals surface area (Å²) in [5.41, 5.74) is 0.799. The lowest BCUT2D eigenvalue weighted by Crippen LogP contribution is -2.49. The largest absolute Gasteiger partial charge is 0.370 e. The van der Waals surface area contributed by atoms with Gasteiger partial charge in [-0.3, -0.25) is 0 Å². The molecule has 0 unspecified atom stereocenters. The van der Waals surface area contributed by atoms with Crippen LogP contribution in [0.1, 0.15) is 12.6 Å². The van der Waals surface area contributed by atoms with Crippen molar-refractivity contribution >= 4 is 21.8 Å². The van der Waals surface area contributed by atoms with Gasteiger partial charge in [0.25, 0.3) is 0 Å². The summed E-state index contributed by atoms with van der Waals surface area (Å²) >= 11 is 0. The molecule has 3 rings (SSSR count). The van der Waals surface area contributed by atoms with Crippen molar-refractivity contribution in [3.8, 4) is 0 Å². The summed E-state index contributed by atoms with van der Waals surface area (Å²) in [7, 11) is -4.11. The Kier molecular flexibility index (Phi) is 5.56. The maximum atomic E-state index is 13.9. The third-order valence-corrected chi connectivity index (χ3v) is 6.15. The number of benzene rings is 1. The third kappa shape index (κ3) is 4.16. The Morgan fingerprint density at radius 2 is 1.81 bits per heavy atom. The molecular formula is C17H21F2N5O2S. The first-order valence-corrected chi connectivity index (χ1v) is 10.0. The van der Waals surface area contributed by atoms with Gasteiger partial charge in [-0.25, -0.2) is 22.2 Å². The van der Waals surface area contributed by atoms with E-state index in [-0.39, 0.29) is 13.1 Å². The number of sulfonamides is 1. The predicted octanol–water partition coefficient (Wildman–Crippen LogP) is 2.01. The molecule has 1 fully saturated rings. The quantitative estimate of drug-likeness (QED) is 0.832. The number of hydrogen-bond acceptors (Lipinski definition) is 6. The van der Waals surface area contributed by atoms with Gasteiger partial charge in [0, 0.05) is 44.5 Å². The number of nitrogens with one attached hydrogen (secondary N) is 1. The summed E-state index contributed by atoms with van der Waals surface area (Å²) in [4.78, 5) is 10.1. The van der Waals surface area contributed by atoms with Crippen LogP contribution in [0, 0.1) is 18.6 Å². The smallest absolute Gasteiger partial charge is 0.246 e. The average molecular weight is 397 g/mol. The van der Waals surface area contributed by atoms with Crippen molar-refractivity contribution in [2.75, 3.05) is 42.9 Å². The van der Waals surface area contributed by atoms with E-state index in [0.29, 0.717) is 30.9 Å². The number of aromatic nitrogens is 2. The van der Waals surface area contributed by atoms with Gasteiger partial charge in [0.05, 0.1) is 0 Å². The zero-order valence-electron chi connectivity index (χ0n) is 15.1. The third-order valence-electron chi connectivity index (χ3n) is 4.23. The molecule has 0 aliphatic carbocycles. The average Bonchev–Trinajstić information content (AvgIpc) is 2.63. The van der Waals surface area contributed by atoms with Gasteiger partial charge in [0.15, 0.2) is 0 Å². The number of rotatable bonds is 5. The molecular weight excluding hydrogens is 376 g/mol. The highest BCUT2D eigenvalue weighted by molar-refractivity contribution is 7.89. The van der Waals surface area contributed by atoms with Crippen LogP contribution in [0.3, 0.4) is 0 Å². The Labute approximate surface area is 157 Å². The first-order chi connectivity index (χ1) is 12.8. The summed E-state index contributed by atoms with van der Waals surface area (Å²) in [6.07, 6.45) is 0. The van der Waals surface area contributed by atoms with E-state index in [9.17, 15) is 17.2 Å². The van der Waals surface area contributed by atoms with E-state index >= 15 is 0 Å². The van der Waals surface area contributed by atoms with Crippen LogP contribution >= 0.6 is 0 Å². The second kappa shape index (κ2) is 7.73. The molecule has 0 saturated carbocycles. The van der Waals surface area contributed by atoms with Crippen molar-refractivity contribution in [2.45, 2.75) is 18.7 Å². The number of nitrogens with zero attached hydrogens (tertiary/aromatic N) is 4. The van der Waals surface area contributed by atoms with Gasteiger partial charge in [-0.05, 0) is 32.0 Å². The van der Waals surface area contributed by atoms with Gasteiger partial charge in [0.2, 0.25) is 16.0 Å². The lowest BCUT2D eigenvalue weighted by Gasteiger charge is -2.34. The Hall–Kier alpha value is -2.33. The van der Waals surface area contributed by atoms with Gasteiger partial charge < -0.3 is 10.2 Å². The second-order valence-electron chi connectivity index (χ2n) is 6.19. The van der Waals surface area contributed by atoms with Crippen LogP contribution < -0.4 is 10.2 Å². The van der Waals surface area contributed by atoms with E-state index < -0.39 is 26.6 Å². The number of hydrogen-bond donors (Lipinski definition) is 1. The van der Waals surface area contributed by atoms with Crippen molar-refractivity contribution in [3.05, 3.63) is 41.6 Å². The van der Waals surface area contributed by atoms with Crippen molar-refractivity contribution in [3.63, 3.8) is 0 Å². The van der Waals surface area contributed by atoms with Crippen molar-refractivity contribution in [1.82, 2.24) is 14.3 Å². The first kappa shape index (κ1) is 19.4. The first-order valence-electron chi connectivity index (χ1n) is 8.61. The SMILES string of the molecule is CCNc1cc(C)nc(N2CCN(S(=O)(=O)c3cc(F)ccc3F)CC2)n1. The van der Waals surface area contributed by atoms with Crippen LogP contribution in [-0.2, 0) is 10.0 Å². The van der Waals surface area contributed by atoms with Crippen molar-refractivity contribution in [1.29, 1.82) is 0 Å². The molecule has 27 heavy (non-hydrogen) atoms. The Balaban J connectivity index is 1.76. The molecule has 0 radical (unpaired) electrons. The molecule has 2 heterocycles. The minimum absolute atomic E-state index is 0.131. The van der Waals surface area contributed by atoms with Crippen LogP contribution in [0.5, 0.6) is 0 Å². The monoisotopic (exact) mass is 397 g/mol. The molecule has 1 aromatic heterocycles. The predicted molar refractivity (Wildman–Crippen MR) is 98.3 cm³/mol. The maximum Gasteiger partial charge on any atom is 0.246 e. The zero-order chi connectivity index (χ0) is 19.6. The molecule has 146 valence electrons. The summed E-state index contributed by atoms with van der Waals surface area (Å²) in [5, 5.41) is 3.13. The molecule has 2 aromatic rings. The molecule has 1 N–H and O–H groups in total. The van der Waals surface area contributed by atoms with Gasteiger partial charge in [-0.2, -0.15) is 9.29 Å². The van der Waals surface area contributed by atoms with E-state index in [0.717, 1.165) is 28.7 Å². The number of halogens is 2. The minimum Gasteiger partial charge on any atom is -0.370 e. The normalized spacial score (nSPS) is 15.8. The van der Waals surface area contributed by atoms with Gasteiger partial charge in [-0.15, -0.1) is 0 Å². The highest BCUT2D eigenvalue weighted by Gasteiger charge is 2.31. The van der Waals surface area contributed by atoms with Crippen LogP contribution in [0.25, 0.3) is 0 Å². The summed E-state index contributed by atoms with van der Waals surface area (Å²) in [5.74, 6) is -0.536. The second-order valence-corrected chi connectivity index (χ2v) is 8.10. The number of anilines is 2. The highest BCUT2D eigenvalue weighted by atomic mass is 32.2. The molecule has 1 aliphatic heterocycles. The van der Waals surface area contributed by atoms with Gasteiger partial charge in [-0.1, -0.05) is 0 Å². The standard InChI is InChI=1S/C17H21F2N5O2S/c1-3-20-16-10-12(2)21-17(22-16)23-6-8-24(9-7-23)27(25,26)15-11-13(18)4-5-14(15)19/h4-5,10-11H,3,6-9H2,1-2H3,(H,20,21,22). The molecule has 10 heteroatoms. The molecule has 0 spiro atoms. The fraction of sp³-hybridized carbons (Fsp3) is 0.412. The molecule has 7 nitrogen and oxygen atoms in total. The van der Waals surface area contributed by atoms with Gasteiger partial charge >= 0.3 is 0 Å². The van der Waals surface area contributed by atoms with E-state index in [1.165, 1.54) is 0 Å². The lowest BCUT2D eigenvalue weighted by atomic mass is 10.3. The van der Waals surface area contributed by atoms with Crippen molar-refractivity contribution in [2.24, 2.45) is 0 Å². The summed E-state index contributed by atoms with van der Waals surface area (Å²) in [6.45, 7) is 5.52. The molecule has 0 atom stereocenters. The molecule has 0 amide bonds. The topological polar surface area (TPSA) is 78.4 Å². The Morgan fingerprint density at radius 1 is 1.11 bits per heavy atom. The van der Waals surface area contributed by atoms with Gasteiger partial charge in [0.1, 0.15) is 22.3 Å². The van der Waals surface area contributed by atoms with Crippen molar-refractivity contribution < 1.29 is 17.2 Å². The van der Waals surface area contributed by atoms with Crippen LogP contribution in [0.4, 0.5) is 20.5 Å². The number of aryl methyl sites for hydroxylation is 1. The summed E-state index contributed by atoms with van der Waals surface area (Å²) < 4.78 is 53.8. The maximum absolute atomic E-state index is 13.9. The Bertz CT molecular complexity index is 931. The molecule has 0 bridgehead atoms. The zero-order valence-corrected chi connectivity index (χ0v) is 15.9.